The van der Waals surface area contributed by atoms with Crippen LogP contribution in [0.25, 0.3) is 0 Å². The molecule has 0 spiro atoms. The van der Waals surface area contributed by atoms with Crippen molar-refractivity contribution in [2.45, 2.75) is 90.3 Å². The highest BCUT2D eigenvalue weighted by atomic mass is 16.5. The van der Waals surface area contributed by atoms with Gasteiger partial charge in [0, 0.05) is 12.6 Å². The van der Waals surface area contributed by atoms with Crippen LogP contribution in [0.3, 0.4) is 0 Å². The lowest BCUT2D eigenvalue weighted by Crippen LogP contribution is -2.52. The molecular formula is C30H42N2O4. The van der Waals surface area contributed by atoms with Crippen LogP contribution in [0.5, 0.6) is 11.5 Å². The first kappa shape index (κ1) is 27.6. The third-order valence-corrected chi connectivity index (χ3v) is 6.87. The lowest BCUT2D eigenvalue weighted by Gasteiger charge is -2.33. The van der Waals surface area contributed by atoms with Crippen molar-refractivity contribution < 1.29 is 19.1 Å². The predicted molar refractivity (Wildman–Crippen MR) is 143 cm³/mol. The molecule has 0 aromatic heterocycles. The van der Waals surface area contributed by atoms with Gasteiger partial charge >= 0.3 is 0 Å². The smallest absolute Gasteiger partial charge is 0.261 e. The maximum Gasteiger partial charge on any atom is 0.261 e. The molecule has 1 fully saturated rings. The highest BCUT2D eigenvalue weighted by molar-refractivity contribution is 5.88. The van der Waals surface area contributed by atoms with Crippen molar-refractivity contribution in [1.82, 2.24) is 10.2 Å². The number of nitrogens with zero attached hydrogens (tertiary/aromatic N) is 1. The molecule has 3 rings (SSSR count). The molecule has 6 nitrogen and oxygen atoms in total. The van der Waals surface area contributed by atoms with E-state index in [2.05, 4.69) is 26.1 Å². The van der Waals surface area contributed by atoms with Gasteiger partial charge in [-0.3, -0.25) is 9.59 Å². The zero-order chi connectivity index (χ0) is 26.1. The van der Waals surface area contributed by atoms with Crippen LogP contribution in [-0.2, 0) is 21.5 Å². The van der Waals surface area contributed by atoms with E-state index in [1.807, 2.05) is 55.5 Å². The normalized spacial score (nSPS) is 15.1. The molecule has 0 saturated heterocycles. The number of hydrogen-bond donors (Lipinski definition) is 1. The molecule has 0 heterocycles. The predicted octanol–water partition coefficient (Wildman–Crippen LogP) is 5.63. The summed E-state index contributed by atoms with van der Waals surface area (Å²) in [5.74, 6) is 1.11. The minimum atomic E-state index is -0.577. The fraction of sp³-hybridized carbons (Fsp3) is 0.533. The number of methoxy groups -OCH3 is 1. The van der Waals surface area contributed by atoms with E-state index in [4.69, 9.17) is 9.47 Å². The molecule has 2 aromatic rings. The molecule has 1 aliphatic rings. The molecule has 2 aromatic carbocycles. The zero-order valence-electron chi connectivity index (χ0n) is 22.5. The number of benzene rings is 2. The Morgan fingerprint density at radius 2 is 1.78 bits per heavy atom. The number of amides is 2. The summed E-state index contributed by atoms with van der Waals surface area (Å²) in [6, 6.07) is 15.0. The molecule has 2 amide bonds. The number of hydrogen-bond acceptors (Lipinski definition) is 4. The van der Waals surface area contributed by atoms with E-state index >= 15 is 0 Å². The second kappa shape index (κ2) is 12.8. The first-order valence-corrected chi connectivity index (χ1v) is 13.2. The second-order valence-electron chi connectivity index (χ2n) is 10.7. The van der Waals surface area contributed by atoms with Gasteiger partial charge in [0.15, 0.2) is 6.61 Å². The standard InChI is InChI=1S/C30H42N2O4/c1-6-26(29(34)31-23-14-8-7-9-15-23)32(20-22-13-12-16-24(19-22)35-5)28(33)21-36-27-18-11-10-17-25(27)30(2,3)4/h10-13,16-19,23,26H,6-9,14-15,20-21H2,1-5H3,(H,31,34). The number of rotatable bonds is 10. The van der Waals surface area contributed by atoms with Gasteiger partial charge in [-0.25, -0.2) is 0 Å². The van der Waals surface area contributed by atoms with E-state index in [9.17, 15) is 9.59 Å². The van der Waals surface area contributed by atoms with E-state index < -0.39 is 6.04 Å². The van der Waals surface area contributed by atoms with Gasteiger partial charge in [0.2, 0.25) is 5.91 Å². The van der Waals surface area contributed by atoms with Crippen molar-refractivity contribution in [3.8, 4) is 11.5 Å². The van der Waals surface area contributed by atoms with E-state index in [1.165, 1.54) is 6.42 Å². The summed E-state index contributed by atoms with van der Waals surface area (Å²) in [4.78, 5) is 28.7. The summed E-state index contributed by atoms with van der Waals surface area (Å²) < 4.78 is 11.4. The van der Waals surface area contributed by atoms with Gasteiger partial charge in [0.25, 0.3) is 5.91 Å². The maximum absolute atomic E-state index is 13.6. The van der Waals surface area contributed by atoms with Crippen LogP contribution in [0.2, 0.25) is 0 Å². The molecule has 0 bridgehead atoms. The van der Waals surface area contributed by atoms with Crippen LogP contribution < -0.4 is 14.8 Å². The number of para-hydroxylation sites is 1. The molecule has 1 atom stereocenters. The van der Waals surface area contributed by atoms with Gasteiger partial charge in [0.1, 0.15) is 17.5 Å². The van der Waals surface area contributed by atoms with Gasteiger partial charge in [-0.15, -0.1) is 0 Å². The Morgan fingerprint density at radius 3 is 2.44 bits per heavy atom. The molecule has 1 aliphatic carbocycles. The van der Waals surface area contributed by atoms with Gasteiger partial charge in [-0.1, -0.05) is 77.3 Å². The van der Waals surface area contributed by atoms with Crippen molar-refractivity contribution in [3.63, 3.8) is 0 Å². The fourth-order valence-electron chi connectivity index (χ4n) is 4.87. The summed E-state index contributed by atoms with van der Waals surface area (Å²) >= 11 is 0. The Bertz CT molecular complexity index is 1010. The lowest BCUT2D eigenvalue weighted by atomic mass is 9.86. The molecular weight excluding hydrogens is 452 g/mol. The molecule has 36 heavy (non-hydrogen) atoms. The van der Waals surface area contributed by atoms with Gasteiger partial charge in [-0.2, -0.15) is 0 Å². The highest BCUT2D eigenvalue weighted by Crippen LogP contribution is 2.31. The van der Waals surface area contributed by atoms with Gasteiger partial charge < -0.3 is 19.7 Å². The van der Waals surface area contributed by atoms with Crippen molar-refractivity contribution in [3.05, 3.63) is 59.7 Å². The minimum absolute atomic E-state index is 0.0873. The molecule has 1 N–H and O–H groups in total. The van der Waals surface area contributed by atoms with Crippen LogP contribution in [0.4, 0.5) is 0 Å². The number of carbonyl (C=O) groups excluding carboxylic acids is 2. The van der Waals surface area contributed by atoms with Crippen LogP contribution in [0.1, 0.15) is 77.3 Å². The number of ether oxygens (including phenoxy) is 2. The van der Waals surface area contributed by atoms with E-state index in [0.717, 1.165) is 42.6 Å². The van der Waals surface area contributed by atoms with Gasteiger partial charge in [-0.05, 0) is 54.0 Å². The Balaban J connectivity index is 1.81. The third-order valence-electron chi connectivity index (χ3n) is 6.87. The van der Waals surface area contributed by atoms with Crippen molar-refractivity contribution in [2.75, 3.05) is 13.7 Å². The molecule has 196 valence electrons. The monoisotopic (exact) mass is 494 g/mol. The quantitative estimate of drug-likeness (QED) is 0.465. The summed E-state index contributed by atoms with van der Waals surface area (Å²) in [7, 11) is 1.62. The largest absolute Gasteiger partial charge is 0.497 e. The zero-order valence-corrected chi connectivity index (χ0v) is 22.5. The average molecular weight is 495 g/mol. The average Bonchev–Trinajstić information content (AvgIpc) is 2.87. The SMILES string of the molecule is CCC(C(=O)NC1CCCCC1)N(Cc1cccc(OC)c1)C(=O)COc1ccccc1C(C)(C)C. The summed E-state index contributed by atoms with van der Waals surface area (Å²) in [5.41, 5.74) is 1.83. The second-order valence-corrected chi connectivity index (χ2v) is 10.7. The molecule has 0 aliphatic heterocycles. The first-order chi connectivity index (χ1) is 17.2. The lowest BCUT2D eigenvalue weighted by molar-refractivity contribution is -0.143. The van der Waals surface area contributed by atoms with E-state index in [0.29, 0.717) is 18.7 Å². The molecule has 0 radical (unpaired) electrons. The van der Waals surface area contributed by atoms with Crippen LogP contribution in [0, 0.1) is 0 Å². The third kappa shape index (κ3) is 7.49. The molecule has 1 unspecified atom stereocenters. The van der Waals surface area contributed by atoms with E-state index in [1.54, 1.807) is 12.0 Å². The van der Waals surface area contributed by atoms with Crippen LogP contribution >= 0.6 is 0 Å². The van der Waals surface area contributed by atoms with Crippen molar-refractivity contribution in [2.24, 2.45) is 0 Å². The summed E-state index contributed by atoms with van der Waals surface area (Å²) in [6.07, 6.45) is 6.01. The summed E-state index contributed by atoms with van der Waals surface area (Å²) in [6.45, 7) is 8.48. The topological polar surface area (TPSA) is 67.9 Å². The Labute approximate surface area is 216 Å². The van der Waals surface area contributed by atoms with Crippen LogP contribution in [0.15, 0.2) is 48.5 Å². The van der Waals surface area contributed by atoms with Crippen molar-refractivity contribution >= 4 is 11.8 Å². The highest BCUT2D eigenvalue weighted by Gasteiger charge is 2.31. The minimum Gasteiger partial charge on any atom is -0.497 e. The Kier molecular flexibility index (Phi) is 9.80. The molecule has 1 saturated carbocycles. The Morgan fingerprint density at radius 1 is 1.06 bits per heavy atom. The van der Waals surface area contributed by atoms with E-state index in [-0.39, 0.29) is 29.9 Å². The first-order valence-electron chi connectivity index (χ1n) is 13.2. The molecule has 6 heteroatoms. The Hall–Kier alpha value is -3.02. The van der Waals surface area contributed by atoms with Crippen molar-refractivity contribution in [1.29, 1.82) is 0 Å². The number of nitrogens with one attached hydrogen (secondary N) is 1. The number of carbonyl (C=O) groups is 2. The summed E-state index contributed by atoms with van der Waals surface area (Å²) in [5, 5.41) is 3.22. The van der Waals surface area contributed by atoms with Gasteiger partial charge in [0.05, 0.1) is 7.11 Å². The van der Waals surface area contributed by atoms with Crippen LogP contribution in [-0.4, -0.2) is 42.5 Å². The fourth-order valence-corrected chi connectivity index (χ4v) is 4.87. The maximum atomic E-state index is 13.6.